The Morgan fingerprint density at radius 3 is 2.41 bits per heavy atom. The number of rotatable bonds is 7. The molecule has 0 aliphatic carbocycles. The van der Waals surface area contributed by atoms with E-state index in [1.807, 2.05) is 51.1 Å². The van der Waals surface area contributed by atoms with Gasteiger partial charge in [0.15, 0.2) is 6.10 Å². The lowest BCUT2D eigenvalue weighted by atomic mass is 9.98. The Hall–Kier alpha value is -3.10. The van der Waals surface area contributed by atoms with Crippen molar-refractivity contribution in [3.05, 3.63) is 64.7 Å². The third kappa shape index (κ3) is 7.23. The van der Waals surface area contributed by atoms with Gasteiger partial charge in [0, 0.05) is 23.2 Å². The van der Waals surface area contributed by atoms with Crippen LogP contribution in [0.25, 0.3) is 0 Å². The van der Waals surface area contributed by atoms with Crippen LogP contribution in [0.1, 0.15) is 54.2 Å². The van der Waals surface area contributed by atoms with Gasteiger partial charge >= 0.3 is 0 Å². The summed E-state index contributed by atoms with van der Waals surface area (Å²) in [5.41, 5.74) is 1.64. The van der Waals surface area contributed by atoms with Crippen molar-refractivity contribution in [2.75, 3.05) is 6.54 Å². The van der Waals surface area contributed by atoms with Crippen molar-refractivity contribution in [1.82, 2.24) is 15.5 Å². The van der Waals surface area contributed by atoms with E-state index in [2.05, 4.69) is 10.6 Å². The summed E-state index contributed by atoms with van der Waals surface area (Å²) in [6.45, 7) is 9.02. The molecule has 1 aliphatic heterocycles. The van der Waals surface area contributed by atoms with Gasteiger partial charge in [0.1, 0.15) is 11.8 Å². The average Bonchev–Trinajstić information content (AvgIpc) is 3.21. The summed E-state index contributed by atoms with van der Waals surface area (Å²) in [6, 6.07) is 10.6. The number of nitrogens with zero attached hydrogens (tertiary/aromatic N) is 1. The van der Waals surface area contributed by atoms with Crippen molar-refractivity contribution in [3.63, 3.8) is 0 Å². The molecule has 200 valence electrons. The minimum absolute atomic E-state index is 0.0145. The molecule has 37 heavy (non-hydrogen) atoms. The predicted octanol–water partition coefficient (Wildman–Crippen LogP) is 2.83. The van der Waals surface area contributed by atoms with Crippen LogP contribution in [-0.4, -0.2) is 68.5 Å². The van der Waals surface area contributed by atoms with Gasteiger partial charge in [0.05, 0.1) is 11.4 Å². The van der Waals surface area contributed by atoms with Gasteiger partial charge < -0.3 is 25.7 Å². The number of benzene rings is 2. The second-order valence-corrected chi connectivity index (χ2v) is 11.4. The third-order valence-electron chi connectivity index (χ3n) is 6.35. The van der Waals surface area contributed by atoms with E-state index in [0.29, 0.717) is 11.1 Å². The highest BCUT2D eigenvalue weighted by Gasteiger charge is 2.43. The zero-order valence-electron chi connectivity index (χ0n) is 21.9. The predicted molar refractivity (Wildman–Crippen MR) is 143 cm³/mol. The first-order valence-corrected chi connectivity index (χ1v) is 12.8. The molecule has 4 atom stereocenters. The summed E-state index contributed by atoms with van der Waals surface area (Å²) < 4.78 is 0. The molecule has 2 aromatic rings. The number of alkyl halides is 1. The van der Waals surface area contributed by atoms with Crippen LogP contribution in [0.4, 0.5) is 0 Å². The molecule has 2 aromatic carbocycles. The molecule has 0 unspecified atom stereocenters. The molecule has 0 spiro atoms. The van der Waals surface area contributed by atoms with E-state index in [9.17, 15) is 24.6 Å². The minimum atomic E-state index is -1.63. The molecule has 3 rings (SSSR count). The molecule has 1 fully saturated rings. The van der Waals surface area contributed by atoms with Gasteiger partial charge in [-0.25, -0.2) is 0 Å². The number of carbonyl (C=O) groups excluding carboxylic acids is 3. The molecule has 9 heteroatoms. The number of aliphatic hydroxyl groups excluding tert-OH is 1. The number of carbonyl (C=O) groups is 3. The lowest BCUT2D eigenvalue weighted by Crippen LogP contribution is -2.57. The van der Waals surface area contributed by atoms with E-state index in [1.165, 1.54) is 4.90 Å². The van der Waals surface area contributed by atoms with Gasteiger partial charge in [-0.1, -0.05) is 30.3 Å². The van der Waals surface area contributed by atoms with E-state index >= 15 is 0 Å². The molecule has 3 amide bonds. The number of hydrogen-bond donors (Lipinski definition) is 4. The lowest BCUT2D eigenvalue weighted by molar-refractivity contribution is -0.146. The number of aliphatic hydroxyl groups is 1. The highest BCUT2D eigenvalue weighted by molar-refractivity contribution is 6.21. The highest BCUT2D eigenvalue weighted by Crippen LogP contribution is 2.26. The van der Waals surface area contributed by atoms with Crippen LogP contribution in [0.15, 0.2) is 42.5 Å². The summed E-state index contributed by atoms with van der Waals surface area (Å²) in [7, 11) is 0. The number of nitrogens with one attached hydrogen (secondary N) is 2. The molecule has 4 N–H and O–H groups in total. The maximum absolute atomic E-state index is 13.5. The molecular weight excluding hydrogens is 494 g/mol. The van der Waals surface area contributed by atoms with Gasteiger partial charge in [-0.3, -0.25) is 14.4 Å². The van der Waals surface area contributed by atoms with Gasteiger partial charge in [-0.05, 0) is 70.7 Å². The van der Waals surface area contributed by atoms with Crippen LogP contribution in [0.5, 0.6) is 5.75 Å². The van der Waals surface area contributed by atoms with Gasteiger partial charge in [-0.2, -0.15) is 0 Å². The Morgan fingerprint density at radius 1 is 1.14 bits per heavy atom. The summed E-state index contributed by atoms with van der Waals surface area (Å²) in [6.07, 6.45) is -1.19. The molecule has 0 saturated carbocycles. The number of aryl methyl sites for hydroxylation is 1. The fraction of sp³-hybridized carbons (Fsp3) is 0.464. The lowest BCUT2D eigenvalue weighted by Gasteiger charge is -2.32. The molecule has 1 aliphatic rings. The van der Waals surface area contributed by atoms with E-state index < -0.39 is 40.9 Å². The number of amides is 3. The van der Waals surface area contributed by atoms with E-state index in [1.54, 1.807) is 26.0 Å². The zero-order chi connectivity index (χ0) is 27.5. The quantitative estimate of drug-likeness (QED) is 0.411. The van der Waals surface area contributed by atoms with E-state index in [4.69, 9.17) is 11.6 Å². The van der Waals surface area contributed by atoms with Crippen LogP contribution in [0, 0.1) is 13.8 Å². The average molecular weight is 530 g/mol. The molecule has 1 heterocycles. The Morgan fingerprint density at radius 2 is 1.78 bits per heavy atom. The summed E-state index contributed by atoms with van der Waals surface area (Å²) in [4.78, 5) is 41.0. The molecule has 8 nitrogen and oxygen atoms in total. The molecule has 0 aromatic heterocycles. The first kappa shape index (κ1) is 28.5. The van der Waals surface area contributed by atoms with Gasteiger partial charge in [-0.15, -0.1) is 11.6 Å². The van der Waals surface area contributed by atoms with Crippen LogP contribution in [0.2, 0.25) is 0 Å². The minimum Gasteiger partial charge on any atom is -0.508 e. The molecular formula is C28H36ClN3O5. The van der Waals surface area contributed by atoms with E-state index in [0.717, 1.165) is 5.56 Å². The second kappa shape index (κ2) is 11.5. The zero-order valence-corrected chi connectivity index (χ0v) is 22.7. The SMILES string of the molecule is Cc1cc(O)c(C)c(C(=O)N[C@@H](Cc2ccccc2)[C@H](O)C(=O)N2C[C@@H](Cl)C[C@H]2C(=O)NC(C)(C)C)c1. The van der Waals surface area contributed by atoms with Crippen molar-refractivity contribution in [2.24, 2.45) is 0 Å². The van der Waals surface area contributed by atoms with Crippen molar-refractivity contribution in [3.8, 4) is 5.75 Å². The molecule has 0 radical (unpaired) electrons. The number of aromatic hydroxyl groups is 1. The second-order valence-electron chi connectivity index (χ2n) is 10.7. The van der Waals surface area contributed by atoms with Crippen LogP contribution in [0.3, 0.4) is 0 Å². The Labute approximate surface area is 223 Å². The summed E-state index contributed by atoms with van der Waals surface area (Å²) in [5, 5.41) is 26.7. The first-order valence-electron chi connectivity index (χ1n) is 12.4. The first-order chi connectivity index (χ1) is 17.3. The van der Waals surface area contributed by atoms with Crippen LogP contribution < -0.4 is 10.6 Å². The topological polar surface area (TPSA) is 119 Å². The number of halogens is 1. The van der Waals surface area contributed by atoms with Crippen molar-refractivity contribution < 1.29 is 24.6 Å². The smallest absolute Gasteiger partial charge is 0.254 e. The van der Waals surface area contributed by atoms with Crippen LogP contribution >= 0.6 is 11.6 Å². The van der Waals surface area contributed by atoms with Crippen molar-refractivity contribution in [1.29, 1.82) is 0 Å². The standard InChI is InChI=1S/C28H36ClN3O5/c1-16-11-20(17(2)23(33)12-16)25(35)30-21(13-18-9-7-6-8-10-18)24(34)27(37)32-15-19(29)14-22(32)26(36)31-28(3,4)5/h6-12,19,21-22,24,33-34H,13-15H2,1-5H3,(H,30,35)(H,31,36)/t19-,21-,22-,24-/m0/s1. The maximum atomic E-state index is 13.5. The monoisotopic (exact) mass is 529 g/mol. The number of phenolic OH excluding ortho intramolecular Hbond substituents is 1. The summed E-state index contributed by atoms with van der Waals surface area (Å²) >= 11 is 6.34. The molecule has 0 bridgehead atoms. The van der Waals surface area contributed by atoms with Gasteiger partial charge in [0.25, 0.3) is 11.8 Å². The van der Waals surface area contributed by atoms with Crippen molar-refractivity contribution in [2.45, 2.75) is 76.6 Å². The fourth-order valence-electron chi connectivity index (χ4n) is 4.50. The van der Waals surface area contributed by atoms with E-state index in [-0.39, 0.29) is 36.6 Å². The van der Waals surface area contributed by atoms with Crippen LogP contribution in [-0.2, 0) is 16.0 Å². The Balaban J connectivity index is 1.88. The highest BCUT2D eigenvalue weighted by atomic mass is 35.5. The third-order valence-corrected chi connectivity index (χ3v) is 6.67. The largest absolute Gasteiger partial charge is 0.508 e. The fourth-order valence-corrected chi connectivity index (χ4v) is 4.82. The number of likely N-dealkylation sites (tertiary alicyclic amines) is 1. The number of hydrogen-bond acceptors (Lipinski definition) is 5. The number of phenols is 1. The normalized spacial score (nSPS) is 19.3. The molecule has 1 saturated heterocycles. The Kier molecular flexibility index (Phi) is 8.87. The van der Waals surface area contributed by atoms with Crippen molar-refractivity contribution >= 4 is 29.3 Å². The summed E-state index contributed by atoms with van der Waals surface area (Å²) in [5.74, 6) is -1.56. The Bertz CT molecular complexity index is 1150. The van der Waals surface area contributed by atoms with Gasteiger partial charge in [0.2, 0.25) is 5.91 Å². The maximum Gasteiger partial charge on any atom is 0.254 e.